The molecular formula is C22H20N4O2. The number of rotatable bonds is 2. The van der Waals surface area contributed by atoms with E-state index >= 15 is 0 Å². The van der Waals surface area contributed by atoms with Crippen molar-refractivity contribution < 1.29 is 4.79 Å². The summed E-state index contributed by atoms with van der Waals surface area (Å²) in [6, 6.07) is 15.4. The third-order valence-electron chi connectivity index (χ3n) is 5.50. The molecule has 6 heteroatoms. The van der Waals surface area contributed by atoms with Gasteiger partial charge in [0.15, 0.2) is 0 Å². The van der Waals surface area contributed by atoms with E-state index in [9.17, 15) is 9.59 Å². The maximum absolute atomic E-state index is 13.0. The molecule has 2 aromatic carbocycles. The number of H-pyrrole nitrogens is 2. The number of hydrogen-bond donors (Lipinski definition) is 2. The zero-order chi connectivity index (χ0) is 19.3. The quantitative estimate of drug-likeness (QED) is 0.567. The molecule has 0 saturated heterocycles. The van der Waals surface area contributed by atoms with Crippen LogP contribution in [0.4, 0.5) is 0 Å². The SMILES string of the molecule is Cc1c[nH]c(=O)n1-c1ccc(C(=O)N2CCc3[nH]c4ccccc4c3C2)cc1. The Labute approximate surface area is 161 Å². The summed E-state index contributed by atoms with van der Waals surface area (Å²) in [4.78, 5) is 33.0. The second kappa shape index (κ2) is 6.27. The van der Waals surface area contributed by atoms with E-state index in [4.69, 9.17) is 0 Å². The van der Waals surface area contributed by atoms with Crippen molar-refractivity contribution in [1.82, 2.24) is 19.4 Å². The fourth-order valence-corrected chi connectivity index (χ4v) is 4.05. The Kier molecular flexibility index (Phi) is 3.72. The number of carbonyl (C=O) groups excluding carboxylic acids is 1. The third kappa shape index (κ3) is 2.57. The first kappa shape index (κ1) is 16.6. The number of aryl methyl sites for hydroxylation is 1. The van der Waals surface area contributed by atoms with Crippen molar-refractivity contribution in [3.63, 3.8) is 0 Å². The minimum absolute atomic E-state index is 0.0145. The van der Waals surface area contributed by atoms with Crippen LogP contribution in [0.5, 0.6) is 0 Å². The predicted octanol–water partition coefficient (Wildman–Crippen LogP) is 3.15. The zero-order valence-corrected chi connectivity index (χ0v) is 15.5. The molecule has 0 aliphatic carbocycles. The van der Waals surface area contributed by atoms with Crippen molar-refractivity contribution in [2.24, 2.45) is 0 Å². The van der Waals surface area contributed by atoms with E-state index in [1.165, 1.54) is 16.6 Å². The number of amides is 1. The number of aromatic nitrogens is 3. The number of carbonyl (C=O) groups is 1. The summed E-state index contributed by atoms with van der Waals surface area (Å²) in [7, 11) is 0. The van der Waals surface area contributed by atoms with Gasteiger partial charge in [0.1, 0.15) is 0 Å². The molecular weight excluding hydrogens is 352 g/mol. The van der Waals surface area contributed by atoms with Crippen LogP contribution in [0.3, 0.4) is 0 Å². The summed E-state index contributed by atoms with van der Waals surface area (Å²) in [6.07, 6.45) is 2.50. The predicted molar refractivity (Wildman–Crippen MR) is 108 cm³/mol. The van der Waals surface area contributed by atoms with Gasteiger partial charge >= 0.3 is 5.69 Å². The Bertz CT molecular complexity index is 1240. The number of nitrogens with zero attached hydrogens (tertiary/aromatic N) is 2. The largest absolute Gasteiger partial charge is 0.358 e. The van der Waals surface area contributed by atoms with Crippen molar-refractivity contribution >= 4 is 16.8 Å². The van der Waals surface area contributed by atoms with Gasteiger partial charge in [0.05, 0.1) is 5.69 Å². The third-order valence-corrected chi connectivity index (χ3v) is 5.50. The normalized spacial score (nSPS) is 13.7. The van der Waals surface area contributed by atoms with Crippen molar-refractivity contribution in [2.75, 3.05) is 6.54 Å². The zero-order valence-electron chi connectivity index (χ0n) is 15.5. The molecule has 2 N–H and O–H groups in total. The molecule has 1 amide bonds. The molecule has 1 aliphatic rings. The summed E-state index contributed by atoms with van der Waals surface area (Å²) in [5.74, 6) is 0.0145. The lowest BCUT2D eigenvalue weighted by Gasteiger charge is -2.27. The second-order valence-corrected chi connectivity index (χ2v) is 7.22. The molecule has 5 rings (SSSR count). The lowest BCUT2D eigenvalue weighted by atomic mass is 10.0. The van der Waals surface area contributed by atoms with Crippen molar-refractivity contribution in [1.29, 1.82) is 0 Å². The number of hydrogen-bond acceptors (Lipinski definition) is 2. The molecule has 140 valence electrons. The van der Waals surface area contributed by atoms with E-state index in [2.05, 4.69) is 22.1 Å². The Balaban J connectivity index is 1.42. The summed E-state index contributed by atoms with van der Waals surface area (Å²) >= 11 is 0. The Hall–Kier alpha value is -3.54. The number of aromatic amines is 2. The van der Waals surface area contributed by atoms with Gasteiger partial charge in [0.25, 0.3) is 5.91 Å². The maximum Gasteiger partial charge on any atom is 0.330 e. The first-order valence-electron chi connectivity index (χ1n) is 9.37. The number of benzene rings is 2. The van der Waals surface area contributed by atoms with Crippen LogP contribution in [0, 0.1) is 6.92 Å². The van der Waals surface area contributed by atoms with Gasteiger partial charge in [0.2, 0.25) is 0 Å². The van der Waals surface area contributed by atoms with Gasteiger partial charge in [-0.25, -0.2) is 4.79 Å². The Morgan fingerprint density at radius 3 is 2.61 bits per heavy atom. The Morgan fingerprint density at radius 1 is 1.07 bits per heavy atom. The highest BCUT2D eigenvalue weighted by atomic mass is 16.2. The monoisotopic (exact) mass is 372 g/mol. The van der Waals surface area contributed by atoms with Crippen molar-refractivity contribution in [2.45, 2.75) is 19.9 Å². The highest BCUT2D eigenvalue weighted by Crippen LogP contribution is 2.28. The van der Waals surface area contributed by atoms with Crippen LogP contribution in [-0.4, -0.2) is 31.9 Å². The molecule has 0 saturated carbocycles. The van der Waals surface area contributed by atoms with E-state index < -0.39 is 0 Å². The lowest BCUT2D eigenvalue weighted by Crippen LogP contribution is -2.35. The summed E-state index contributed by atoms with van der Waals surface area (Å²) in [5.41, 5.74) is 5.58. The lowest BCUT2D eigenvalue weighted by molar-refractivity contribution is 0.0735. The molecule has 2 aromatic heterocycles. The van der Waals surface area contributed by atoms with Gasteiger partial charge in [-0.2, -0.15) is 0 Å². The minimum Gasteiger partial charge on any atom is -0.358 e. The molecule has 6 nitrogen and oxygen atoms in total. The van der Waals surface area contributed by atoms with Crippen LogP contribution in [0.1, 0.15) is 27.3 Å². The van der Waals surface area contributed by atoms with Crippen LogP contribution < -0.4 is 5.69 Å². The topological polar surface area (TPSA) is 73.9 Å². The van der Waals surface area contributed by atoms with Crippen LogP contribution in [-0.2, 0) is 13.0 Å². The molecule has 0 spiro atoms. The van der Waals surface area contributed by atoms with Crippen LogP contribution >= 0.6 is 0 Å². The van der Waals surface area contributed by atoms with Gasteiger partial charge in [-0.3, -0.25) is 9.36 Å². The number of imidazole rings is 1. The standard InChI is InChI=1S/C22H20N4O2/c1-14-12-23-22(28)26(14)16-8-6-15(7-9-16)21(27)25-11-10-20-18(13-25)17-4-2-3-5-19(17)24-20/h2-9,12,24H,10-11,13H2,1H3,(H,23,28). The number of nitrogens with one attached hydrogen (secondary N) is 2. The first-order chi connectivity index (χ1) is 13.6. The van der Waals surface area contributed by atoms with E-state index in [-0.39, 0.29) is 11.6 Å². The fourth-order valence-electron chi connectivity index (χ4n) is 4.05. The molecule has 28 heavy (non-hydrogen) atoms. The molecule has 0 unspecified atom stereocenters. The van der Waals surface area contributed by atoms with Gasteiger partial charge in [0, 0.05) is 59.1 Å². The smallest absolute Gasteiger partial charge is 0.330 e. The van der Waals surface area contributed by atoms with Crippen LogP contribution in [0.2, 0.25) is 0 Å². The first-order valence-corrected chi connectivity index (χ1v) is 9.37. The highest BCUT2D eigenvalue weighted by molar-refractivity contribution is 5.95. The van der Waals surface area contributed by atoms with Gasteiger partial charge in [-0.15, -0.1) is 0 Å². The molecule has 0 radical (unpaired) electrons. The molecule has 3 heterocycles. The minimum atomic E-state index is -0.181. The van der Waals surface area contributed by atoms with E-state index in [1.807, 2.05) is 36.1 Å². The Morgan fingerprint density at radius 2 is 1.86 bits per heavy atom. The summed E-state index contributed by atoms with van der Waals surface area (Å²) < 4.78 is 1.59. The summed E-state index contributed by atoms with van der Waals surface area (Å²) in [5, 5.41) is 1.19. The van der Waals surface area contributed by atoms with Crippen LogP contribution in [0.25, 0.3) is 16.6 Å². The van der Waals surface area contributed by atoms with Gasteiger partial charge < -0.3 is 14.9 Å². The molecule has 0 atom stereocenters. The molecule has 0 bridgehead atoms. The average molecular weight is 372 g/mol. The van der Waals surface area contributed by atoms with E-state index in [0.717, 1.165) is 23.3 Å². The maximum atomic E-state index is 13.0. The molecule has 1 aliphatic heterocycles. The molecule has 4 aromatic rings. The van der Waals surface area contributed by atoms with Gasteiger partial charge in [-0.05, 0) is 37.3 Å². The van der Waals surface area contributed by atoms with E-state index in [0.29, 0.717) is 18.7 Å². The van der Waals surface area contributed by atoms with E-state index in [1.54, 1.807) is 22.9 Å². The number of para-hydroxylation sites is 1. The molecule has 0 fully saturated rings. The highest BCUT2D eigenvalue weighted by Gasteiger charge is 2.24. The van der Waals surface area contributed by atoms with Crippen molar-refractivity contribution in [3.8, 4) is 5.69 Å². The van der Waals surface area contributed by atoms with Crippen molar-refractivity contribution in [3.05, 3.63) is 87.7 Å². The summed E-state index contributed by atoms with van der Waals surface area (Å²) in [6.45, 7) is 3.16. The fraction of sp³-hybridized carbons (Fsp3) is 0.182. The number of fused-ring (bicyclic) bond motifs is 3. The second-order valence-electron chi connectivity index (χ2n) is 7.22. The van der Waals surface area contributed by atoms with Gasteiger partial charge in [-0.1, -0.05) is 18.2 Å². The average Bonchev–Trinajstić information content (AvgIpc) is 3.26. The van der Waals surface area contributed by atoms with Crippen LogP contribution in [0.15, 0.2) is 59.5 Å².